The molecule has 5 heteroatoms. The van der Waals surface area contributed by atoms with Crippen LogP contribution in [0.5, 0.6) is 5.75 Å². The highest BCUT2D eigenvalue weighted by molar-refractivity contribution is 7.13. The summed E-state index contributed by atoms with van der Waals surface area (Å²) in [6, 6.07) is 3.38. The molecular formula is C12H10ClNO2S. The predicted molar refractivity (Wildman–Crippen MR) is 68.2 cm³/mol. The van der Waals surface area contributed by atoms with Crippen LogP contribution in [0.3, 0.4) is 0 Å². The normalized spacial score (nSPS) is 10.2. The fourth-order valence-corrected chi connectivity index (χ4v) is 2.48. The lowest BCUT2D eigenvalue weighted by atomic mass is 10.1. The third-order valence-electron chi connectivity index (χ3n) is 2.11. The maximum atomic E-state index is 12.1. The molecule has 2 heterocycles. The second kappa shape index (κ2) is 5.29. The molecular weight excluding hydrogens is 258 g/mol. The van der Waals surface area contributed by atoms with Gasteiger partial charge in [0.15, 0.2) is 0 Å². The molecule has 0 aliphatic heterocycles. The van der Waals surface area contributed by atoms with E-state index in [4.69, 9.17) is 16.3 Å². The third-order valence-corrected chi connectivity index (χ3v) is 3.45. The van der Waals surface area contributed by atoms with Crippen molar-refractivity contribution in [2.75, 3.05) is 6.61 Å². The molecule has 0 aliphatic rings. The van der Waals surface area contributed by atoms with E-state index in [-0.39, 0.29) is 5.78 Å². The number of halogens is 1. The Kier molecular flexibility index (Phi) is 3.76. The van der Waals surface area contributed by atoms with Crippen LogP contribution < -0.4 is 4.74 Å². The molecule has 0 fully saturated rings. The summed E-state index contributed by atoms with van der Waals surface area (Å²) in [5.74, 6) is 0.463. The summed E-state index contributed by atoms with van der Waals surface area (Å²) in [6.45, 7) is 2.42. The molecule has 0 radical (unpaired) electrons. The van der Waals surface area contributed by atoms with Gasteiger partial charge >= 0.3 is 0 Å². The Bertz CT molecular complexity index is 539. The lowest BCUT2D eigenvalue weighted by Gasteiger charge is -2.04. The zero-order valence-electron chi connectivity index (χ0n) is 9.14. The molecule has 0 unspecified atom stereocenters. The fourth-order valence-electron chi connectivity index (χ4n) is 1.38. The van der Waals surface area contributed by atoms with Crippen molar-refractivity contribution in [2.45, 2.75) is 6.92 Å². The molecule has 0 aromatic carbocycles. The zero-order chi connectivity index (χ0) is 12.3. The predicted octanol–water partition coefficient (Wildman–Crippen LogP) is 3.43. The molecule has 3 nitrogen and oxygen atoms in total. The summed E-state index contributed by atoms with van der Waals surface area (Å²) in [5.41, 5.74) is 0.486. The monoisotopic (exact) mass is 267 g/mol. The minimum Gasteiger partial charge on any atom is -0.492 e. The number of hydrogen-bond donors (Lipinski definition) is 0. The highest BCUT2D eigenvalue weighted by Gasteiger charge is 2.15. The van der Waals surface area contributed by atoms with Crippen molar-refractivity contribution in [3.8, 4) is 5.75 Å². The summed E-state index contributed by atoms with van der Waals surface area (Å²) in [4.78, 5) is 16.6. The van der Waals surface area contributed by atoms with Gasteiger partial charge in [-0.25, -0.2) is 0 Å². The molecule has 0 N–H and O–H groups in total. The number of carbonyl (C=O) groups excluding carboxylic acids is 1. The second-order valence-corrected chi connectivity index (χ2v) is 4.59. The van der Waals surface area contributed by atoms with Gasteiger partial charge in [-0.3, -0.25) is 9.78 Å². The van der Waals surface area contributed by atoms with Crippen LogP contribution in [0, 0.1) is 0 Å². The first-order valence-electron chi connectivity index (χ1n) is 5.08. The molecule has 17 heavy (non-hydrogen) atoms. The van der Waals surface area contributed by atoms with Crippen molar-refractivity contribution in [3.05, 3.63) is 45.4 Å². The Labute approximate surface area is 108 Å². The van der Waals surface area contributed by atoms with Gasteiger partial charge in [0.2, 0.25) is 5.78 Å². The first kappa shape index (κ1) is 12.1. The van der Waals surface area contributed by atoms with Crippen molar-refractivity contribution < 1.29 is 9.53 Å². The van der Waals surface area contributed by atoms with Crippen molar-refractivity contribution in [2.24, 2.45) is 0 Å². The minimum atomic E-state index is -0.126. The third kappa shape index (κ3) is 2.65. The van der Waals surface area contributed by atoms with Crippen LogP contribution in [0.15, 0.2) is 29.9 Å². The van der Waals surface area contributed by atoms with Gasteiger partial charge in [0, 0.05) is 11.8 Å². The molecule has 0 saturated heterocycles. The average Bonchev–Trinajstić information content (AvgIpc) is 2.75. The molecule has 2 aromatic heterocycles. The first-order valence-corrected chi connectivity index (χ1v) is 6.33. The number of rotatable bonds is 4. The summed E-state index contributed by atoms with van der Waals surface area (Å²) in [5, 5.41) is 2.26. The summed E-state index contributed by atoms with van der Waals surface area (Å²) in [7, 11) is 0. The largest absolute Gasteiger partial charge is 0.492 e. The van der Waals surface area contributed by atoms with Crippen molar-refractivity contribution >= 4 is 28.7 Å². The van der Waals surface area contributed by atoms with E-state index in [0.717, 1.165) is 0 Å². The SMILES string of the molecule is CCOc1cncc(C(=O)c2sccc2Cl)c1. The van der Waals surface area contributed by atoms with E-state index in [1.54, 1.807) is 23.7 Å². The number of aromatic nitrogens is 1. The van der Waals surface area contributed by atoms with Crippen molar-refractivity contribution in [1.29, 1.82) is 0 Å². The van der Waals surface area contributed by atoms with Gasteiger partial charge in [-0.1, -0.05) is 11.6 Å². The van der Waals surface area contributed by atoms with Crippen molar-refractivity contribution in [3.63, 3.8) is 0 Å². The highest BCUT2D eigenvalue weighted by atomic mass is 35.5. The molecule has 0 spiro atoms. The van der Waals surface area contributed by atoms with Crippen LogP contribution in [0.25, 0.3) is 0 Å². The van der Waals surface area contributed by atoms with Gasteiger partial charge in [-0.2, -0.15) is 0 Å². The van der Waals surface area contributed by atoms with Crippen LogP contribution in [0.2, 0.25) is 5.02 Å². The molecule has 2 aromatic rings. The Morgan fingerprint density at radius 2 is 2.35 bits per heavy atom. The van der Waals surface area contributed by atoms with E-state index in [1.807, 2.05) is 6.92 Å². The smallest absolute Gasteiger partial charge is 0.206 e. The molecule has 0 amide bonds. The number of carbonyl (C=O) groups is 1. The summed E-state index contributed by atoms with van der Waals surface area (Å²) in [6.07, 6.45) is 3.09. The van der Waals surface area contributed by atoms with E-state index in [0.29, 0.717) is 27.8 Å². The highest BCUT2D eigenvalue weighted by Crippen LogP contribution is 2.25. The summed E-state index contributed by atoms with van der Waals surface area (Å²) >= 11 is 7.25. The number of nitrogens with zero attached hydrogens (tertiary/aromatic N) is 1. The Morgan fingerprint density at radius 1 is 1.53 bits per heavy atom. The minimum absolute atomic E-state index is 0.126. The molecule has 88 valence electrons. The number of hydrogen-bond acceptors (Lipinski definition) is 4. The average molecular weight is 268 g/mol. The summed E-state index contributed by atoms with van der Waals surface area (Å²) < 4.78 is 5.30. The molecule has 0 aliphatic carbocycles. The van der Waals surface area contributed by atoms with Gasteiger partial charge in [0.05, 0.1) is 22.7 Å². The van der Waals surface area contributed by atoms with E-state index in [1.165, 1.54) is 17.5 Å². The molecule has 2 rings (SSSR count). The van der Waals surface area contributed by atoms with E-state index >= 15 is 0 Å². The van der Waals surface area contributed by atoms with Gasteiger partial charge in [0.1, 0.15) is 5.75 Å². The van der Waals surface area contributed by atoms with E-state index in [2.05, 4.69) is 4.98 Å². The first-order chi connectivity index (χ1) is 8.22. The molecule has 0 bridgehead atoms. The number of ether oxygens (including phenoxy) is 1. The molecule has 0 atom stereocenters. The zero-order valence-corrected chi connectivity index (χ0v) is 10.7. The van der Waals surface area contributed by atoms with Crippen molar-refractivity contribution in [1.82, 2.24) is 4.98 Å². The van der Waals surface area contributed by atoms with Crippen LogP contribution in [-0.2, 0) is 0 Å². The lowest BCUT2D eigenvalue weighted by molar-refractivity contribution is 0.104. The fraction of sp³-hybridized carbons (Fsp3) is 0.167. The van der Waals surface area contributed by atoms with E-state index < -0.39 is 0 Å². The van der Waals surface area contributed by atoms with Gasteiger partial charge in [0.25, 0.3) is 0 Å². The maximum Gasteiger partial charge on any atom is 0.206 e. The van der Waals surface area contributed by atoms with Gasteiger partial charge < -0.3 is 4.74 Å². The Hall–Kier alpha value is -1.39. The van der Waals surface area contributed by atoms with Crippen LogP contribution in [-0.4, -0.2) is 17.4 Å². The van der Waals surface area contributed by atoms with Crippen LogP contribution >= 0.6 is 22.9 Å². The number of pyridine rings is 1. The lowest BCUT2D eigenvalue weighted by Crippen LogP contribution is -2.01. The van der Waals surface area contributed by atoms with E-state index in [9.17, 15) is 4.79 Å². The topological polar surface area (TPSA) is 39.2 Å². The standard InChI is InChI=1S/C12H10ClNO2S/c1-2-16-9-5-8(6-14-7-9)11(15)12-10(13)3-4-17-12/h3-7H,2H2,1H3. The Morgan fingerprint density at radius 3 is 3.00 bits per heavy atom. The number of thiophene rings is 1. The number of ketones is 1. The van der Waals surface area contributed by atoms with Crippen LogP contribution in [0.1, 0.15) is 22.2 Å². The maximum absolute atomic E-state index is 12.1. The van der Waals surface area contributed by atoms with Crippen LogP contribution in [0.4, 0.5) is 0 Å². The van der Waals surface area contributed by atoms with Gasteiger partial charge in [-0.05, 0) is 24.4 Å². The second-order valence-electron chi connectivity index (χ2n) is 3.27. The molecule has 0 saturated carbocycles. The quantitative estimate of drug-likeness (QED) is 0.797. The Balaban J connectivity index is 2.31. The van der Waals surface area contributed by atoms with Gasteiger partial charge in [-0.15, -0.1) is 11.3 Å².